The molecule has 218 valence electrons. The first-order valence-corrected chi connectivity index (χ1v) is 14.8. The predicted molar refractivity (Wildman–Crippen MR) is 159 cm³/mol. The number of carbonyl (C=O) groups is 2. The summed E-state index contributed by atoms with van der Waals surface area (Å²) in [4.78, 5) is 36.0. The van der Waals surface area contributed by atoms with E-state index in [9.17, 15) is 14.7 Å². The van der Waals surface area contributed by atoms with E-state index in [0.717, 1.165) is 48.3 Å². The van der Waals surface area contributed by atoms with Crippen molar-refractivity contribution in [3.05, 3.63) is 77.7 Å². The van der Waals surface area contributed by atoms with Crippen molar-refractivity contribution in [2.75, 3.05) is 19.6 Å². The zero-order valence-electron chi connectivity index (χ0n) is 24.6. The largest absolute Gasteiger partial charge is 0.444 e. The third-order valence-electron chi connectivity index (χ3n) is 8.07. The molecule has 3 atom stereocenters. The summed E-state index contributed by atoms with van der Waals surface area (Å²) in [5, 5.41) is 11.0. The average molecular weight is 559 g/mol. The number of ether oxygens (including phenoxy) is 1. The maximum atomic E-state index is 14.5. The summed E-state index contributed by atoms with van der Waals surface area (Å²) in [7, 11) is 0. The van der Waals surface area contributed by atoms with Gasteiger partial charge < -0.3 is 24.2 Å². The molecule has 1 aromatic heterocycles. The number of aliphatic hydroxyl groups is 1. The summed E-state index contributed by atoms with van der Waals surface area (Å²) in [6.07, 6.45) is 3.38. The molecule has 2 heterocycles. The molecule has 0 radical (unpaired) electrons. The third-order valence-corrected chi connectivity index (χ3v) is 8.07. The van der Waals surface area contributed by atoms with Gasteiger partial charge in [-0.15, -0.1) is 0 Å². The van der Waals surface area contributed by atoms with Crippen LogP contribution in [-0.2, 0) is 11.2 Å². The predicted octanol–water partition coefficient (Wildman–Crippen LogP) is 5.64. The van der Waals surface area contributed by atoms with Crippen LogP contribution in [0.5, 0.6) is 0 Å². The fourth-order valence-electron chi connectivity index (χ4n) is 6.18. The second-order valence-electron chi connectivity index (χ2n) is 12.3. The normalized spacial score (nSPS) is 21.5. The van der Waals surface area contributed by atoms with Crippen molar-refractivity contribution in [2.24, 2.45) is 0 Å². The highest BCUT2D eigenvalue weighted by Crippen LogP contribution is 2.37. The molecular weight excluding hydrogens is 516 g/mol. The van der Waals surface area contributed by atoms with Crippen molar-refractivity contribution < 1.29 is 19.4 Å². The van der Waals surface area contributed by atoms with Gasteiger partial charge in [0.1, 0.15) is 11.4 Å². The van der Waals surface area contributed by atoms with Crippen LogP contribution in [0, 0.1) is 6.92 Å². The molecule has 0 unspecified atom stereocenters. The highest BCUT2D eigenvalue weighted by molar-refractivity contribution is 5.99. The number of rotatable bonds is 5. The van der Waals surface area contributed by atoms with Crippen LogP contribution in [0.4, 0.5) is 4.79 Å². The summed E-state index contributed by atoms with van der Waals surface area (Å²) in [6.45, 7) is 8.64. The minimum absolute atomic E-state index is 0.128. The number of nitrogens with zero attached hydrogens (tertiary/aromatic N) is 4. The number of aryl methyl sites for hydroxylation is 1. The first kappa shape index (κ1) is 28.9. The fraction of sp³-hybridized carbons (Fsp3) is 0.485. The Morgan fingerprint density at radius 3 is 2.29 bits per heavy atom. The summed E-state index contributed by atoms with van der Waals surface area (Å²) < 4.78 is 7.77. The van der Waals surface area contributed by atoms with Crippen molar-refractivity contribution in [2.45, 2.75) is 83.6 Å². The second-order valence-corrected chi connectivity index (χ2v) is 12.3. The van der Waals surface area contributed by atoms with Gasteiger partial charge in [-0.25, -0.2) is 9.78 Å². The minimum atomic E-state index is -0.600. The number of piperazine rings is 1. The van der Waals surface area contributed by atoms with Crippen molar-refractivity contribution in [3.63, 3.8) is 0 Å². The molecule has 8 heteroatoms. The number of carbonyl (C=O) groups excluding carboxylic acids is 2. The van der Waals surface area contributed by atoms with E-state index >= 15 is 0 Å². The van der Waals surface area contributed by atoms with Crippen LogP contribution in [0.1, 0.15) is 74.4 Å². The maximum Gasteiger partial charge on any atom is 0.410 e. The van der Waals surface area contributed by atoms with Gasteiger partial charge >= 0.3 is 6.09 Å². The Morgan fingerprint density at radius 1 is 0.976 bits per heavy atom. The number of hydrogen-bond donors (Lipinski definition) is 1. The Labute approximate surface area is 242 Å². The molecule has 2 aromatic carbocycles. The lowest BCUT2D eigenvalue weighted by Crippen LogP contribution is -2.58. The number of hydrogen-bond acceptors (Lipinski definition) is 5. The van der Waals surface area contributed by atoms with E-state index in [2.05, 4.69) is 4.57 Å². The van der Waals surface area contributed by atoms with Gasteiger partial charge in [0.2, 0.25) is 0 Å². The Morgan fingerprint density at radius 2 is 1.63 bits per heavy atom. The molecule has 1 N–H and O–H groups in total. The average Bonchev–Trinajstić information content (AvgIpc) is 3.29. The molecule has 2 fully saturated rings. The number of aliphatic hydroxyl groups excluding tert-OH is 1. The summed E-state index contributed by atoms with van der Waals surface area (Å²) >= 11 is 0. The highest BCUT2D eigenvalue weighted by atomic mass is 16.6. The van der Waals surface area contributed by atoms with Crippen molar-refractivity contribution >= 4 is 12.0 Å². The summed E-state index contributed by atoms with van der Waals surface area (Å²) in [5.74, 6) is 0.575. The highest BCUT2D eigenvalue weighted by Gasteiger charge is 2.38. The molecule has 1 saturated carbocycles. The lowest BCUT2D eigenvalue weighted by Gasteiger charge is -2.41. The number of aromatic nitrogens is 2. The van der Waals surface area contributed by atoms with Crippen molar-refractivity contribution in [3.8, 4) is 11.3 Å². The molecule has 8 nitrogen and oxygen atoms in total. The van der Waals surface area contributed by atoms with E-state index in [4.69, 9.17) is 9.72 Å². The topological polar surface area (TPSA) is 87.9 Å². The summed E-state index contributed by atoms with van der Waals surface area (Å²) in [6, 6.07) is 19.6. The van der Waals surface area contributed by atoms with Crippen LogP contribution in [0.2, 0.25) is 0 Å². The van der Waals surface area contributed by atoms with Gasteiger partial charge in [0.05, 0.1) is 23.9 Å². The molecule has 5 rings (SSSR count). The van der Waals surface area contributed by atoms with Crippen molar-refractivity contribution in [1.82, 2.24) is 19.4 Å². The quantitative estimate of drug-likeness (QED) is 0.438. The first-order chi connectivity index (χ1) is 19.6. The van der Waals surface area contributed by atoms with E-state index in [-0.39, 0.29) is 24.1 Å². The van der Waals surface area contributed by atoms with E-state index in [1.54, 1.807) is 4.90 Å². The molecule has 1 aliphatic carbocycles. The molecule has 1 aliphatic heterocycles. The van der Waals surface area contributed by atoms with Crippen LogP contribution in [-0.4, -0.2) is 73.8 Å². The monoisotopic (exact) mass is 558 g/mol. The molecular formula is C33H42N4O4. The van der Waals surface area contributed by atoms with E-state index in [1.165, 1.54) is 0 Å². The van der Waals surface area contributed by atoms with Crippen LogP contribution in [0.25, 0.3) is 11.3 Å². The number of benzene rings is 2. The SMILES string of the molecule is Cc1nc(C(=O)N2CCN(C(=O)OC(C)(C)C)C[C@H]2Cc2ccccc2)c(-c2ccccc2)n1[C@H]1CCCC[C@@H]1O. The van der Waals surface area contributed by atoms with E-state index in [1.807, 2.05) is 93.3 Å². The molecule has 2 amide bonds. The molecule has 3 aromatic rings. The number of imidazole rings is 1. The maximum absolute atomic E-state index is 14.5. The van der Waals surface area contributed by atoms with Crippen LogP contribution >= 0.6 is 0 Å². The number of amides is 2. The minimum Gasteiger partial charge on any atom is -0.444 e. The third kappa shape index (κ3) is 6.48. The zero-order valence-corrected chi connectivity index (χ0v) is 24.6. The molecule has 2 aliphatic rings. The molecule has 0 bridgehead atoms. The summed E-state index contributed by atoms with van der Waals surface area (Å²) in [5.41, 5.74) is 2.55. The van der Waals surface area contributed by atoms with Gasteiger partial charge in [-0.3, -0.25) is 4.79 Å². The van der Waals surface area contributed by atoms with E-state index in [0.29, 0.717) is 31.7 Å². The van der Waals surface area contributed by atoms with Gasteiger partial charge in [-0.05, 0) is 52.5 Å². The smallest absolute Gasteiger partial charge is 0.410 e. The van der Waals surface area contributed by atoms with E-state index < -0.39 is 11.7 Å². The molecule has 0 spiro atoms. The Bertz CT molecular complexity index is 1350. The Balaban J connectivity index is 1.52. The van der Waals surface area contributed by atoms with Crippen molar-refractivity contribution in [1.29, 1.82) is 0 Å². The fourth-order valence-corrected chi connectivity index (χ4v) is 6.18. The molecule has 41 heavy (non-hydrogen) atoms. The molecule has 1 saturated heterocycles. The van der Waals surface area contributed by atoms with Crippen LogP contribution in [0.3, 0.4) is 0 Å². The Kier molecular flexibility index (Phi) is 8.50. The second kappa shape index (κ2) is 12.1. The van der Waals surface area contributed by atoms with Crippen LogP contribution in [0.15, 0.2) is 60.7 Å². The first-order valence-electron chi connectivity index (χ1n) is 14.8. The van der Waals surface area contributed by atoms with Crippen LogP contribution < -0.4 is 0 Å². The Hall–Kier alpha value is -3.65. The van der Waals surface area contributed by atoms with Gasteiger partial charge in [-0.1, -0.05) is 73.5 Å². The van der Waals surface area contributed by atoms with Gasteiger partial charge in [-0.2, -0.15) is 0 Å². The van der Waals surface area contributed by atoms with Gasteiger partial charge in [0, 0.05) is 25.2 Å². The standard InChI is InChI=1S/C33H42N4O4/c1-23-34-29(30(25-15-9-6-10-16-25)37(23)27-17-11-12-18-28(27)38)31(39)36-20-19-35(32(40)41-33(2,3)4)22-26(36)21-24-13-7-5-8-14-24/h5-10,13-16,26-28,38H,11-12,17-22H2,1-4H3/t26-,27+,28+/m1/s1. The lowest BCUT2D eigenvalue weighted by molar-refractivity contribution is 0.00429. The zero-order chi connectivity index (χ0) is 29.1. The van der Waals surface area contributed by atoms with Gasteiger partial charge in [0.15, 0.2) is 5.69 Å². The van der Waals surface area contributed by atoms with Gasteiger partial charge in [0.25, 0.3) is 5.91 Å². The lowest BCUT2D eigenvalue weighted by atomic mass is 9.91.